The number of hydrogen-bond donors (Lipinski definition) is 2. The number of nitrogens with one attached hydrogen (secondary N) is 2. The molecule has 25 heavy (non-hydrogen) atoms. The number of ether oxygens (including phenoxy) is 2. The van der Waals surface area contributed by atoms with E-state index in [1.807, 2.05) is 7.05 Å². The summed E-state index contributed by atoms with van der Waals surface area (Å²) in [5, 5.41) is 7.02. The van der Waals surface area contributed by atoms with Gasteiger partial charge in [-0.2, -0.15) is 0 Å². The van der Waals surface area contributed by atoms with Gasteiger partial charge in [-0.3, -0.25) is 4.99 Å². The smallest absolute Gasteiger partial charge is 0.191 e. The summed E-state index contributed by atoms with van der Waals surface area (Å²) >= 11 is 0. The molecule has 2 N–H and O–H groups in total. The lowest BCUT2D eigenvalue weighted by Gasteiger charge is -2.33. The molecular weight excluding hydrogens is 316 g/mol. The Labute approximate surface area is 153 Å². The molecule has 2 heterocycles. The van der Waals surface area contributed by atoms with Gasteiger partial charge in [0.1, 0.15) is 0 Å². The van der Waals surface area contributed by atoms with Crippen LogP contribution in [-0.2, 0) is 9.47 Å². The van der Waals surface area contributed by atoms with Crippen LogP contribution in [-0.4, -0.2) is 76.1 Å². The first-order chi connectivity index (χ1) is 12.2. The molecule has 0 radical (unpaired) electrons. The van der Waals surface area contributed by atoms with E-state index in [9.17, 15) is 0 Å². The second-order valence-corrected chi connectivity index (χ2v) is 7.12. The largest absolute Gasteiger partial charge is 0.377 e. The summed E-state index contributed by atoms with van der Waals surface area (Å²) in [6.07, 6.45) is 6.98. The Morgan fingerprint density at radius 3 is 2.84 bits per heavy atom. The Balaban J connectivity index is 1.59. The minimum absolute atomic E-state index is 0.325. The lowest BCUT2D eigenvalue weighted by Crippen LogP contribution is -2.49. The molecule has 6 heteroatoms. The first-order valence-corrected chi connectivity index (χ1v) is 9.74. The fourth-order valence-corrected chi connectivity index (χ4v) is 3.24. The van der Waals surface area contributed by atoms with Crippen molar-refractivity contribution < 1.29 is 9.47 Å². The normalized spacial score (nSPS) is 20.6. The predicted molar refractivity (Wildman–Crippen MR) is 103 cm³/mol. The highest BCUT2D eigenvalue weighted by atomic mass is 16.5. The van der Waals surface area contributed by atoms with Crippen LogP contribution in [0.1, 0.15) is 39.5 Å². The van der Waals surface area contributed by atoms with Crippen LogP contribution in [0.25, 0.3) is 0 Å². The average Bonchev–Trinajstić information content (AvgIpc) is 2.63. The van der Waals surface area contributed by atoms with Gasteiger partial charge in [-0.25, -0.2) is 0 Å². The zero-order valence-electron chi connectivity index (χ0n) is 16.2. The number of nitrogens with zero attached hydrogens (tertiary/aromatic N) is 2. The van der Waals surface area contributed by atoms with E-state index in [-0.39, 0.29) is 0 Å². The van der Waals surface area contributed by atoms with Crippen molar-refractivity contribution >= 4 is 5.96 Å². The molecule has 0 spiro atoms. The van der Waals surface area contributed by atoms with Crippen molar-refractivity contribution in [2.24, 2.45) is 4.99 Å². The molecule has 0 aliphatic carbocycles. The Morgan fingerprint density at radius 2 is 2.20 bits per heavy atom. The number of aliphatic imine (C=N–C) groups is 1. The Kier molecular flexibility index (Phi) is 9.29. The molecule has 1 saturated heterocycles. The number of hydrogen-bond acceptors (Lipinski definition) is 4. The van der Waals surface area contributed by atoms with Crippen LogP contribution in [0.15, 0.2) is 16.6 Å². The van der Waals surface area contributed by atoms with E-state index in [1.54, 1.807) is 0 Å². The van der Waals surface area contributed by atoms with Crippen LogP contribution < -0.4 is 10.6 Å². The van der Waals surface area contributed by atoms with E-state index in [0.717, 1.165) is 77.6 Å². The van der Waals surface area contributed by atoms with Gasteiger partial charge in [0.15, 0.2) is 5.96 Å². The third-order valence-electron chi connectivity index (χ3n) is 4.81. The van der Waals surface area contributed by atoms with Crippen LogP contribution >= 0.6 is 0 Å². The van der Waals surface area contributed by atoms with Crippen LogP contribution in [0.4, 0.5) is 0 Å². The van der Waals surface area contributed by atoms with Gasteiger partial charge in [0, 0.05) is 39.3 Å². The molecular formula is C19H36N4O2. The molecule has 0 aromatic carbocycles. The van der Waals surface area contributed by atoms with Crippen molar-refractivity contribution in [1.29, 1.82) is 0 Å². The molecule has 0 aromatic heterocycles. The maximum atomic E-state index is 5.65. The van der Waals surface area contributed by atoms with Gasteiger partial charge >= 0.3 is 0 Å². The Bertz CT molecular complexity index is 429. The van der Waals surface area contributed by atoms with Crippen molar-refractivity contribution in [2.45, 2.75) is 51.7 Å². The van der Waals surface area contributed by atoms with Crippen LogP contribution in [0.3, 0.4) is 0 Å². The molecule has 0 unspecified atom stereocenters. The van der Waals surface area contributed by atoms with Crippen molar-refractivity contribution in [3.8, 4) is 0 Å². The van der Waals surface area contributed by atoms with Crippen molar-refractivity contribution in [2.75, 3.05) is 53.0 Å². The molecule has 6 nitrogen and oxygen atoms in total. The molecule has 0 bridgehead atoms. The number of rotatable bonds is 8. The zero-order valence-corrected chi connectivity index (χ0v) is 16.2. The average molecular weight is 353 g/mol. The van der Waals surface area contributed by atoms with Crippen molar-refractivity contribution in [1.82, 2.24) is 15.5 Å². The predicted octanol–water partition coefficient (Wildman–Crippen LogP) is 1.78. The summed E-state index contributed by atoms with van der Waals surface area (Å²) in [7, 11) is 1.85. The standard InChI is InChI=1S/C19H36N4O2/c1-16(2)25-15-12-23-10-5-18(6-11-23)22-19(20-3)21-9-4-17-7-13-24-14-8-17/h7,16,18H,4-6,8-15H2,1-3H3,(H2,20,21,22). The van der Waals surface area contributed by atoms with E-state index in [2.05, 4.69) is 40.4 Å². The monoisotopic (exact) mass is 352 g/mol. The molecule has 0 aromatic rings. The lowest BCUT2D eigenvalue weighted by atomic mass is 10.1. The van der Waals surface area contributed by atoms with Gasteiger partial charge in [0.2, 0.25) is 0 Å². The molecule has 2 aliphatic heterocycles. The summed E-state index contributed by atoms with van der Waals surface area (Å²) < 4.78 is 11.0. The minimum Gasteiger partial charge on any atom is -0.377 e. The molecule has 144 valence electrons. The van der Waals surface area contributed by atoms with Gasteiger partial charge in [-0.15, -0.1) is 0 Å². The molecule has 0 amide bonds. The van der Waals surface area contributed by atoms with Gasteiger partial charge in [-0.1, -0.05) is 11.6 Å². The Hall–Kier alpha value is -1.11. The summed E-state index contributed by atoms with van der Waals surface area (Å²) in [6, 6.07) is 0.510. The number of guanidine groups is 1. The van der Waals surface area contributed by atoms with E-state index in [0.29, 0.717) is 12.1 Å². The van der Waals surface area contributed by atoms with Gasteiger partial charge in [0.05, 0.1) is 25.9 Å². The van der Waals surface area contributed by atoms with Crippen molar-refractivity contribution in [3.63, 3.8) is 0 Å². The van der Waals surface area contributed by atoms with Crippen LogP contribution in [0.5, 0.6) is 0 Å². The van der Waals surface area contributed by atoms with E-state index in [1.165, 1.54) is 5.57 Å². The third kappa shape index (κ3) is 8.21. The maximum Gasteiger partial charge on any atom is 0.191 e. The van der Waals surface area contributed by atoms with E-state index in [4.69, 9.17) is 9.47 Å². The van der Waals surface area contributed by atoms with Gasteiger partial charge < -0.3 is 25.0 Å². The fraction of sp³-hybridized carbons (Fsp3) is 0.842. The minimum atomic E-state index is 0.325. The first-order valence-electron chi connectivity index (χ1n) is 9.74. The third-order valence-corrected chi connectivity index (χ3v) is 4.81. The maximum absolute atomic E-state index is 5.65. The summed E-state index contributed by atoms with van der Waals surface area (Å²) in [5.41, 5.74) is 1.49. The SMILES string of the molecule is CN=C(NCCC1=CCOCC1)NC1CCN(CCOC(C)C)CC1. The topological polar surface area (TPSA) is 58.1 Å². The van der Waals surface area contributed by atoms with Gasteiger partial charge in [0.25, 0.3) is 0 Å². The van der Waals surface area contributed by atoms with Gasteiger partial charge in [-0.05, 0) is 39.5 Å². The molecule has 1 fully saturated rings. The summed E-state index contributed by atoms with van der Waals surface area (Å²) in [5.74, 6) is 0.925. The molecule has 2 aliphatic rings. The molecule has 2 rings (SSSR count). The quantitative estimate of drug-likeness (QED) is 0.396. The highest BCUT2D eigenvalue weighted by Crippen LogP contribution is 2.11. The van der Waals surface area contributed by atoms with Crippen LogP contribution in [0, 0.1) is 0 Å². The summed E-state index contributed by atoms with van der Waals surface area (Å²) in [6.45, 7) is 10.9. The summed E-state index contributed by atoms with van der Waals surface area (Å²) in [4.78, 5) is 6.86. The van der Waals surface area contributed by atoms with E-state index < -0.39 is 0 Å². The second kappa shape index (κ2) is 11.5. The first kappa shape index (κ1) is 20.2. The highest BCUT2D eigenvalue weighted by Gasteiger charge is 2.19. The van der Waals surface area contributed by atoms with Crippen LogP contribution in [0.2, 0.25) is 0 Å². The number of piperidine rings is 1. The molecule has 0 atom stereocenters. The fourth-order valence-electron chi connectivity index (χ4n) is 3.24. The Morgan fingerprint density at radius 1 is 1.40 bits per heavy atom. The lowest BCUT2D eigenvalue weighted by molar-refractivity contribution is 0.0532. The molecule has 0 saturated carbocycles. The number of likely N-dealkylation sites (tertiary alicyclic amines) is 1. The zero-order chi connectivity index (χ0) is 17.9. The van der Waals surface area contributed by atoms with E-state index >= 15 is 0 Å². The second-order valence-electron chi connectivity index (χ2n) is 7.12. The highest BCUT2D eigenvalue weighted by molar-refractivity contribution is 5.79. The van der Waals surface area contributed by atoms with Crippen molar-refractivity contribution in [3.05, 3.63) is 11.6 Å².